The standard InChI is InChI=1S/C27H27FN6O3/c1-5-25(35)31-22-12-21(23(36-4)13-24(22)37-10-9-34(2)3)32-27-30-15-18-14-29-16-20(26(18)33-27)17-7-6-8-19(28)11-17/h5-8,11-16H,1,9-10H2,2-4H3,(H,31,35)(H,30,32,33). The van der Waals surface area contributed by atoms with Gasteiger partial charge in [0.1, 0.15) is 23.9 Å². The van der Waals surface area contributed by atoms with Crippen LogP contribution in [0.2, 0.25) is 0 Å². The van der Waals surface area contributed by atoms with Gasteiger partial charge in [-0.05, 0) is 43.9 Å². The number of methoxy groups -OCH3 is 1. The van der Waals surface area contributed by atoms with Gasteiger partial charge in [-0.2, -0.15) is 0 Å². The number of fused-ring (bicyclic) bond motifs is 1. The van der Waals surface area contributed by atoms with Gasteiger partial charge in [0, 0.05) is 42.2 Å². The summed E-state index contributed by atoms with van der Waals surface area (Å²) in [7, 11) is 5.41. The largest absolute Gasteiger partial charge is 0.494 e. The summed E-state index contributed by atoms with van der Waals surface area (Å²) in [6, 6.07) is 9.60. The zero-order valence-corrected chi connectivity index (χ0v) is 20.8. The third-order valence-corrected chi connectivity index (χ3v) is 5.41. The number of hydrogen-bond donors (Lipinski definition) is 2. The fourth-order valence-electron chi connectivity index (χ4n) is 3.57. The van der Waals surface area contributed by atoms with Crippen LogP contribution in [0.4, 0.5) is 21.7 Å². The van der Waals surface area contributed by atoms with Crippen LogP contribution in [0, 0.1) is 5.82 Å². The number of ether oxygens (including phenoxy) is 2. The van der Waals surface area contributed by atoms with Crippen molar-refractivity contribution in [2.24, 2.45) is 0 Å². The van der Waals surface area contributed by atoms with Crippen molar-refractivity contribution in [3.63, 3.8) is 0 Å². The molecule has 2 aromatic carbocycles. The smallest absolute Gasteiger partial charge is 0.247 e. The minimum atomic E-state index is -0.386. The Kier molecular flexibility index (Phi) is 7.89. The monoisotopic (exact) mass is 502 g/mol. The third kappa shape index (κ3) is 6.17. The fraction of sp³-hybridized carbons (Fsp3) is 0.185. The lowest BCUT2D eigenvalue weighted by molar-refractivity contribution is -0.111. The van der Waals surface area contributed by atoms with Crippen LogP contribution >= 0.6 is 0 Å². The molecule has 190 valence electrons. The molecular weight excluding hydrogens is 475 g/mol. The zero-order chi connectivity index (χ0) is 26.4. The van der Waals surface area contributed by atoms with Crippen LogP contribution < -0.4 is 20.1 Å². The lowest BCUT2D eigenvalue weighted by atomic mass is 10.1. The van der Waals surface area contributed by atoms with Crippen LogP contribution in [0.5, 0.6) is 11.5 Å². The van der Waals surface area contributed by atoms with E-state index in [9.17, 15) is 9.18 Å². The van der Waals surface area contributed by atoms with E-state index in [1.807, 2.05) is 19.0 Å². The Labute approximate surface area is 214 Å². The summed E-state index contributed by atoms with van der Waals surface area (Å²) >= 11 is 0. The number of anilines is 3. The molecule has 0 radical (unpaired) electrons. The second-order valence-corrected chi connectivity index (χ2v) is 8.35. The van der Waals surface area contributed by atoms with Gasteiger partial charge in [0.05, 0.1) is 24.0 Å². The van der Waals surface area contributed by atoms with E-state index < -0.39 is 0 Å². The molecule has 37 heavy (non-hydrogen) atoms. The van der Waals surface area contributed by atoms with Gasteiger partial charge in [0.25, 0.3) is 0 Å². The molecule has 9 nitrogen and oxygen atoms in total. The first-order chi connectivity index (χ1) is 17.9. The molecule has 0 saturated heterocycles. The molecule has 0 fully saturated rings. The van der Waals surface area contributed by atoms with Crippen LogP contribution in [-0.2, 0) is 4.79 Å². The molecular formula is C27H27FN6O3. The number of benzene rings is 2. The number of carbonyl (C=O) groups is 1. The SMILES string of the molecule is C=CC(=O)Nc1cc(Nc2ncc3cncc(-c4cccc(F)c4)c3n2)c(OC)cc1OCCN(C)C. The Morgan fingerprint density at radius 1 is 1.14 bits per heavy atom. The first-order valence-electron chi connectivity index (χ1n) is 11.4. The van der Waals surface area contributed by atoms with E-state index in [2.05, 4.69) is 32.2 Å². The van der Waals surface area contributed by atoms with Crippen molar-refractivity contribution in [2.45, 2.75) is 0 Å². The second kappa shape index (κ2) is 11.4. The number of carbonyl (C=O) groups excluding carboxylic acids is 1. The number of likely N-dealkylation sites (N-methyl/N-ethyl adjacent to an activating group) is 1. The Balaban J connectivity index is 1.72. The van der Waals surface area contributed by atoms with Gasteiger partial charge >= 0.3 is 0 Å². The Bertz CT molecular complexity index is 1440. The Morgan fingerprint density at radius 3 is 2.70 bits per heavy atom. The molecule has 4 aromatic rings. The Hall–Kier alpha value is -4.57. The third-order valence-electron chi connectivity index (χ3n) is 5.41. The van der Waals surface area contributed by atoms with Crippen LogP contribution in [0.1, 0.15) is 0 Å². The predicted octanol–water partition coefficient (Wildman–Crippen LogP) is 4.65. The maximum Gasteiger partial charge on any atom is 0.247 e. The maximum atomic E-state index is 13.9. The maximum absolute atomic E-state index is 13.9. The topological polar surface area (TPSA) is 102 Å². The highest BCUT2D eigenvalue weighted by atomic mass is 19.1. The van der Waals surface area contributed by atoms with Gasteiger partial charge in [0.15, 0.2) is 0 Å². The summed E-state index contributed by atoms with van der Waals surface area (Å²) in [5, 5.41) is 6.62. The average molecular weight is 503 g/mol. The predicted molar refractivity (Wildman–Crippen MR) is 142 cm³/mol. The molecule has 0 saturated carbocycles. The molecule has 2 aromatic heterocycles. The average Bonchev–Trinajstić information content (AvgIpc) is 2.89. The summed E-state index contributed by atoms with van der Waals surface area (Å²) in [5.41, 5.74) is 2.84. The van der Waals surface area contributed by atoms with E-state index in [4.69, 9.17) is 9.47 Å². The van der Waals surface area contributed by atoms with Crippen LogP contribution in [0.15, 0.2) is 67.6 Å². The van der Waals surface area contributed by atoms with E-state index in [1.54, 1.807) is 42.9 Å². The highest BCUT2D eigenvalue weighted by Crippen LogP contribution is 2.38. The molecule has 0 aliphatic rings. The van der Waals surface area contributed by atoms with Crippen molar-refractivity contribution < 1.29 is 18.7 Å². The van der Waals surface area contributed by atoms with E-state index >= 15 is 0 Å². The minimum absolute atomic E-state index is 0.275. The van der Waals surface area contributed by atoms with Crippen molar-refractivity contribution in [3.05, 3.63) is 73.5 Å². The van der Waals surface area contributed by atoms with Gasteiger partial charge in [-0.25, -0.2) is 14.4 Å². The quantitative estimate of drug-likeness (QED) is 0.302. The molecule has 2 heterocycles. The number of pyridine rings is 1. The van der Waals surface area contributed by atoms with E-state index in [-0.39, 0.29) is 17.7 Å². The van der Waals surface area contributed by atoms with Crippen LogP contribution in [0.25, 0.3) is 22.0 Å². The molecule has 2 N–H and O–H groups in total. The fourth-order valence-corrected chi connectivity index (χ4v) is 3.57. The molecule has 10 heteroatoms. The zero-order valence-electron chi connectivity index (χ0n) is 20.8. The molecule has 4 rings (SSSR count). The van der Waals surface area contributed by atoms with Crippen molar-refractivity contribution in [1.82, 2.24) is 19.9 Å². The normalized spacial score (nSPS) is 10.8. The van der Waals surface area contributed by atoms with Gasteiger partial charge < -0.3 is 25.0 Å². The molecule has 1 amide bonds. The summed E-state index contributed by atoms with van der Waals surface area (Å²) in [6.07, 6.45) is 6.09. The van der Waals surface area contributed by atoms with Crippen molar-refractivity contribution in [1.29, 1.82) is 0 Å². The molecule has 0 bridgehead atoms. The van der Waals surface area contributed by atoms with Crippen LogP contribution in [0.3, 0.4) is 0 Å². The summed E-state index contributed by atoms with van der Waals surface area (Å²) in [4.78, 5) is 27.4. The lowest BCUT2D eigenvalue weighted by Crippen LogP contribution is -2.20. The summed E-state index contributed by atoms with van der Waals surface area (Å²) in [6.45, 7) is 4.61. The lowest BCUT2D eigenvalue weighted by Gasteiger charge is -2.18. The number of hydrogen-bond acceptors (Lipinski definition) is 8. The van der Waals surface area contributed by atoms with Crippen LogP contribution in [-0.4, -0.2) is 60.1 Å². The highest BCUT2D eigenvalue weighted by Gasteiger charge is 2.16. The molecule has 0 aliphatic carbocycles. The number of nitrogens with one attached hydrogen (secondary N) is 2. The van der Waals surface area contributed by atoms with E-state index in [1.165, 1.54) is 25.3 Å². The number of nitrogens with zero attached hydrogens (tertiary/aromatic N) is 4. The molecule has 0 atom stereocenters. The van der Waals surface area contributed by atoms with E-state index in [0.717, 1.165) is 0 Å². The first kappa shape index (κ1) is 25.5. The number of halogens is 1. The second-order valence-electron chi connectivity index (χ2n) is 8.35. The molecule has 0 aliphatic heterocycles. The molecule has 0 unspecified atom stereocenters. The Morgan fingerprint density at radius 2 is 1.97 bits per heavy atom. The number of amides is 1. The van der Waals surface area contributed by atoms with Gasteiger partial charge in [-0.15, -0.1) is 0 Å². The van der Waals surface area contributed by atoms with Crippen molar-refractivity contribution >= 4 is 34.1 Å². The van der Waals surface area contributed by atoms with Gasteiger partial charge in [0.2, 0.25) is 11.9 Å². The highest BCUT2D eigenvalue weighted by molar-refractivity contribution is 6.00. The minimum Gasteiger partial charge on any atom is -0.494 e. The first-order valence-corrected chi connectivity index (χ1v) is 11.4. The van der Waals surface area contributed by atoms with Gasteiger partial charge in [-0.3, -0.25) is 9.78 Å². The van der Waals surface area contributed by atoms with Crippen molar-refractivity contribution in [3.8, 4) is 22.6 Å². The van der Waals surface area contributed by atoms with Crippen molar-refractivity contribution in [2.75, 3.05) is 45.0 Å². The molecule has 0 spiro atoms. The van der Waals surface area contributed by atoms with Gasteiger partial charge in [-0.1, -0.05) is 18.7 Å². The number of rotatable bonds is 10. The number of aromatic nitrogens is 3. The van der Waals surface area contributed by atoms with E-state index in [0.29, 0.717) is 58.1 Å². The summed E-state index contributed by atoms with van der Waals surface area (Å²) in [5.74, 6) is 0.437. The summed E-state index contributed by atoms with van der Waals surface area (Å²) < 4.78 is 25.4.